The number of carbonyl (C=O) groups excluding carboxylic acids is 1. The van der Waals surface area contributed by atoms with Crippen molar-refractivity contribution in [1.29, 1.82) is 0 Å². The van der Waals surface area contributed by atoms with Gasteiger partial charge in [-0.05, 0) is 25.0 Å². The molecule has 1 aromatic rings. The van der Waals surface area contributed by atoms with Gasteiger partial charge in [0.2, 0.25) is 0 Å². The van der Waals surface area contributed by atoms with E-state index in [1.54, 1.807) is 0 Å². The number of rotatable bonds is 2. The van der Waals surface area contributed by atoms with E-state index in [4.69, 9.17) is 0 Å². The normalized spacial score (nSPS) is 23.7. The molecule has 104 valence electrons. The molecule has 0 aliphatic heterocycles. The summed E-state index contributed by atoms with van der Waals surface area (Å²) in [6, 6.07) is 2.47. The lowest BCUT2D eigenvalue weighted by Crippen LogP contribution is -2.42. The Morgan fingerprint density at radius 2 is 1.95 bits per heavy atom. The Morgan fingerprint density at radius 3 is 2.68 bits per heavy atom. The van der Waals surface area contributed by atoms with Gasteiger partial charge in [-0.3, -0.25) is 4.79 Å². The number of halogens is 2. The average molecular weight is 269 g/mol. The largest absolute Gasteiger partial charge is 0.391 e. The highest BCUT2D eigenvalue weighted by molar-refractivity contribution is 5.94. The molecule has 1 aromatic carbocycles. The predicted molar refractivity (Wildman–Crippen MR) is 66.7 cm³/mol. The second kappa shape index (κ2) is 6.10. The minimum absolute atomic E-state index is 0.196. The number of carbonyl (C=O) groups is 1. The van der Waals surface area contributed by atoms with Gasteiger partial charge >= 0.3 is 0 Å². The van der Waals surface area contributed by atoms with Crippen LogP contribution in [0.1, 0.15) is 42.5 Å². The number of amides is 1. The van der Waals surface area contributed by atoms with E-state index in [0.29, 0.717) is 18.9 Å². The van der Waals surface area contributed by atoms with Crippen molar-refractivity contribution in [3.05, 3.63) is 35.4 Å². The topological polar surface area (TPSA) is 49.3 Å². The summed E-state index contributed by atoms with van der Waals surface area (Å²) in [7, 11) is 0. The first kappa shape index (κ1) is 13.9. The van der Waals surface area contributed by atoms with E-state index in [2.05, 4.69) is 5.32 Å². The minimum atomic E-state index is -0.888. The van der Waals surface area contributed by atoms with Crippen molar-refractivity contribution < 1.29 is 18.7 Å². The Balaban J connectivity index is 2.07. The highest BCUT2D eigenvalue weighted by atomic mass is 19.1. The van der Waals surface area contributed by atoms with Crippen LogP contribution in [0.5, 0.6) is 0 Å². The summed E-state index contributed by atoms with van der Waals surface area (Å²) in [5.74, 6) is -2.22. The van der Waals surface area contributed by atoms with E-state index in [-0.39, 0.29) is 11.6 Å². The molecule has 2 N–H and O–H groups in total. The van der Waals surface area contributed by atoms with Crippen molar-refractivity contribution in [2.45, 2.75) is 44.2 Å². The molecular weight excluding hydrogens is 252 g/mol. The maximum Gasteiger partial charge on any atom is 0.254 e. The van der Waals surface area contributed by atoms with Crippen LogP contribution in [0.4, 0.5) is 8.78 Å². The van der Waals surface area contributed by atoms with Gasteiger partial charge in [-0.1, -0.05) is 19.3 Å². The van der Waals surface area contributed by atoms with Gasteiger partial charge in [0.05, 0.1) is 17.7 Å². The van der Waals surface area contributed by atoms with Crippen LogP contribution in [-0.4, -0.2) is 23.2 Å². The monoisotopic (exact) mass is 269 g/mol. The molecule has 1 aliphatic carbocycles. The summed E-state index contributed by atoms with van der Waals surface area (Å²) < 4.78 is 26.2. The zero-order chi connectivity index (χ0) is 13.8. The first-order valence-electron chi connectivity index (χ1n) is 6.52. The lowest BCUT2D eigenvalue weighted by Gasteiger charge is -2.21. The molecule has 0 aromatic heterocycles. The molecule has 3 nitrogen and oxygen atoms in total. The highest BCUT2D eigenvalue weighted by Gasteiger charge is 2.24. The van der Waals surface area contributed by atoms with Gasteiger partial charge in [0, 0.05) is 6.07 Å². The molecule has 0 radical (unpaired) electrons. The van der Waals surface area contributed by atoms with E-state index in [0.717, 1.165) is 31.4 Å². The lowest BCUT2D eigenvalue weighted by atomic mass is 10.1. The second-order valence-electron chi connectivity index (χ2n) is 4.91. The summed E-state index contributed by atoms with van der Waals surface area (Å²) in [5.41, 5.74) is -0.196. The molecule has 1 saturated carbocycles. The Labute approximate surface area is 110 Å². The molecule has 5 heteroatoms. The Morgan fingerprint density at radius 1 is 1.21 bits per heavy atom. The molecule has 2 atom stereocenters. The minimum Gasteiger partial charge on any atom is -0.391 e. The van der Waals surface area contributed by atoms with Crippen molar-refractivity contribution in [2.75, 3.05) is 0 Å². The number of benzene rings is 1. The molecule has 1 fully saturated rings. The van der Waals surface area contributed by atoms with Crippen LogP contribution in [0.2, 0.25) is 0 Å². The molecule has 0 bridgehead atoms. The molecule has 1 amide bonds. The average Bonchev–Trinajstić information content (AvgIpc) is 2.55. The van der Waals surface area contributed by atoms with E-state index in [1.807, 2.05) is 0 Å². The van der Waals surface area contributed by atoms with Crippen LogP contribution in [-0.2, 0) is 0 Å². The van der Waals surface area contributed by atoms with Gasteiger partial charge in [-0.15, -0.1) is 0 Å². The van der Waals surface area contributed by atoms with Crippen molar-refractivity contribution in [1.82, 2.24) is 5.32 Å². The van der Waals surface area contributed by atoms with Crippen LogP contribution < -0.4 is 5.32 Å². The van der Waals surface area contributed by atoms with Crippen LogP contribution in [0.15, 0.2) is 18.2 Å². The van der Waals surface area contributed by atoms with Gasteiger partial charge < -0.3 is 10.4 Å². The summed E-state index contributed by atoms with van der Waals surface area (Å²) in [5, 5.41) is 12.5. The van der Waals surface area contributed by atoms with Gasteiger partial charge in [-0.2, -0.15) is 0 Å². The smallest absolute Gasteiger partial charge is 0.254 e. The fourth-order valence-corrected chi connectivity index (χ4v) is 2.38. The maximum atomic E-state index is 13.5. The van der Waals surface area contributed by atoms with Crippen LogP contribution in [0, 0.1) is 11.6 Å². The zero-order valence-electron chi connectivity index (χ0n) is 10.5. The second-order valence-corrected chi connectivity index (χ2v) is 4.91. The SMILES string of the molecule is O=C(NC1CCCCCC1O)c1ccc(F)cc1F. The summed E-state index contributed by atoms with van der Waals surface area (Å²) in [4.78, 5) is 11.9. The third-order valence-electron chi connectivity index (χ3n) is 3.47. The van der Waals surface area contributed by atoms with E-state index in [1.165, 1.54) is 0 Å². The molecule has 1 aliphatic rings. The Hall–Kier alpha value is -1.49. The molecule has 2 rings (SSSR count). The van der Waals surface area contributed by atoms with Gasteiger partial charge in [0.1, 0.15) is 11.6 Å². The standard InChI is InChI=1S/C14H17F2NO2/c15-9-6-7-10(11(16)8-9)14(19)17-12-4-2-1-3-5-13(12)18/h6-8,12-13,18H,1-5H2,(H,17,19). The maximum absolute atomic E-state index is 13.5. The fourth-order valence-electron chi connectivity index (χ4n) is 2.38. The first-order valence-corrected chi connectivity index (χ1v) is 6.52. The van der Waals surface area contributed by atoms with Crippen molar-refractivity contribution >= 4 is 5.91 Å². The third kappa shape index (κ3) is 3.50. The van der Waals surface area contributed by atoms with Crippen LogP contribution in [0.25, 0.3) is 0 Å². The quantitative estimate of drug-likeness (QED) is 0.810. The summed E-state index contributed by atoms with van der Waals surface area (Å²) in [6.45, 7) is 0. The van der Waals surface area contributed by atoms with E-state index >= 15 is 0 Å². The summed E-state index contributed by atoms with van der Waals surface area (Å²) >= 11 is 0. The summed E-state index contributed by atoms with van der Waals surface area (Å²) in [6.07, 6.45) is 3.59. The lowest BCUT2D eigenvalue weighted by molar-refractivity contribution is 0.0815. The molecule has 0 heterocycles. The number of aliphatic hydroxyl groups is 1. The molecular formula is C14H17F2NO2. The Kier molecular flexibility index (Phi) is 4.47. The molecule has 19 heavy (non-hydrogen) atoms. The van der Waals surface area contributed by atoms with Gasteiger partial charge in [-0.25, -0.2) is 8.78 Å². The van der Waals surface area contributed by atoms with E-state index < -0.39 is 23.6 Å². The molecule has 2 unspecified atom stereocenters. The number of hydrogen-bond donors (Lipinski definition) is 2. The van der Waals surface area contributed by atoms with Crippen molar-refractivity contribution in [3.8, 4) is 0 Å². The van der Waals surface area contributed by atoms with Crippen LogP contribution in [0.3, 0.4) is 0 Å². The van der Waals surface area contributed by atoms with Crippen LogP contribution >= 0.6 is 0 Å². The van der Waals surface area contributed by atoms with Crippen molar-refractivity contribution in [3.63, 3.8) is 0 Å². The van der Waals surface area contributed by atoms with Gasteiger partial charge in [0.15, 0.2) is 0 Å². The third-order valence-corrected chi connectivity index (χ3v) is 3.47. The Bertz CT molecular complexity index is 465. The number of aliphatic hydroxyl groups excluding tert-OH is 1. The fraction of sp³-hybridized carbons (Fsp3) is 0.500. The zero-order valence-corrected chi connectivity index (χ0v) is 10.5. The first-order chi connectivity index (χ1) is 9.08. The molecule has 0 saturated heterocycles. The predicted octanol–water partition coefficient (Wildman–Crippen LogP) is 2.39. The molecule has 0 spiro atoms. The highest BCUT2D eigenvalue weighted by Crippen LogP contribution is 2.19. The van der Waals surface area contributed by atoms with Crippen molar-refractivity contribution in [2.24, 2.45) is 0 Å². The number of hydrogen-bond acceptors (Lipinski definition) is 2. The van der Waals surface area contributed by atoms with E-state index in [9.17, 15) is 18.7 Å². The number of nitrogens with one attached hydrogen (secondary N) is 1. The van der Waals surface area contributed by atoms with Gasteiger partial charge in [0.25, 0.3) is 5.91 Å².